The molecular weight excluding hydrogens is 144 g/mol. The highest BCUT2D eigenvalue weighted by atomic mass is 28.4. The van der Waals surface area contributed by atoms with Crippen molar-refractivity contribution < 1.29 is 4.43 Å². The first-order valence-corrected chi connectivity index (χ1v) is 5.79. The van der Waals surface area contributed by atoms with Crippen molar-refractivity contribution in [2.75, 3.05) is 0 Å². The number of rotatable bonds is 1. The van der Waals surface area contributed by atoms with E-state index in [2.05, 4.69) is 6.58 Å². The summed E-state index contributed by atoms with van der Waals surface area (Å²) in [4.78, 5) is 0. The first-order chi connectivity index (χ1) is 4.66. The third-order valence-electron chi connectivity index (χ3n) is 1.77. The van der Waals surface area contributed by atoms with Crippen molar-refractivity contribution >= 4 is 8.48 Å². The minimum Gasteiger partial charge on any atom is -0.384 e. The standard InChI is InChI=1S/C6H14N2OSi/c1-2-10(8)5-3-4-6(7)9-10/h2,6H,1,3-5,7-8H2. The van der Waals surface area contributed by atoms with Crippen LogP contribution in [0.2, 0.25) is 6.04 Å². The minimum absolute atomic E-state index is 0.150. The van der Waals surface area contributed by atoms with E-state index in [0.29, 0.717) is 0 Å². The van der Waals surface area contributed by atoms with E-state index in [4.69, 9.17) is 15.6 Å². The Balaban J connectivity index is 2.53. The van der Waals surface area contributed by atoms with Gasteiger partial charge in [0.1, 0.15) is 0 Å². The van der Waals surface area contributed by atoms with E-state index in [9.17, 15) is 0 Å². The summed E-state index contributed by atoms with van der Waals surface area (Å²) >= 11 is 0. The lowest BCUT2D eigenvalue weighted by molar-refractivity contribution is 0.168. The van der Waals surface area contributed by atoms with Crippen LogP contribution in [0, 0.1) is 0 Å². The molecule has 0 spiro atoms. The van der Waals surface area contributed by atoms with Gasteiger partial charge in [-0.3, -0.25) is 0 Å². The summed E-state index contributed by atoms with van der Waals surface area (Å²) in [5.41, 5.74) is 7.33. The molecule has 0 aromatic carbocycles. The van der Waals surface area contributed by atoms with Crippen LogP contribution >= 0.6 is 0 Å². The Morgan fingerprint density at radius 2 is 2.40 bits per heavy atom. The molecule has 1 heterocycles. The van der Waals surface area contributed by atoms with Gasteiger partial charge in [-0.05, 0) is 18.9 Å². The van der Waals surface area contributed by atoms with Gasteiger partial charge in [0.2, 0.25) is 0 Å². The zero-order valence-corrected chi connectivity index (χ0v) is 7.05. The van der Waals surface area contributed by atoms with Gasteiger partial charge >= 0.3 is 0 Å². The third kappa shape index (κ3) is 1.66. The van der Waals surface area contributed by atoms with Gasteiger partial charge in [0.15, 0.2) is 0 Å². The normalized spacial score (nSPS) is 41.2. The molecule has 10 heavy (non-hydrogen) atoms. The fourth-order valence-electron chi connectivity index (χ4n) is 1.13. The molecule has 2 atom stereocenters. The van der Waals surface area contributed by atoms with Crippen LogP contribution in [0.15, 0.2) is 12.3 Å². The molecular formula is C6H14N2OSi. The van der Waals surface area contributed by atoms with Crippen molar-refractivity contribution in [3.63, 3.8) is 0 Å². The van der Waals surface area contributed by atoms with Gasteiger partial charge in [0, 0.05) is 0 Å². The molecule has 1 aliphatic heterocycles. The highest BCUT2D eigenvalue weighted by molar-refractivity contribution is 6.75. The Hall–Kier alpha value is -0.163. The lowest BCUT2D eigenvalue weighted by Gasteiger charge is -2.31. The topological polar surface area (TPSA) is 61.3 Å². The molecule has 58 valence electrons. The van der Waals surface area contributed by atoms with Crippen LogP contribution in [0.25, 0.3) is 0 Å². The van der Waals surface area contributed by atoms with E-state index in [1.54, 1.807) is 5.70 Å². The van der Waals surface area contributed by atoms with Crippen LogP contribution in [-0.2, 0) is 4.43 Å². The Morgan fingerprint density at radius 1 is 1.70 bits per heavy atom. The molecule has 0 saturated carbocycles. The van der Waals surface area contributed by atoms with Gasteiger partial charge in [-0.15, -0.1) is 6.58 Å². The SMILES string of the molecule is C=C[Si]1(N)CCCC(N)O1. The quantitative estimate of drug-likeness (QED) is 0.536. The van der Waals surface area contributed by atoms with Gasteiger partial charge in [-0.2, -0.15) is 0 Å². The highest BCUT2D eigenvalue weighted by Crippen LogP contribution is 2.19. The van der Waals surface area contributed by atoms with Crippen LogP contribution in [0.5, 0.6) is 0 Å². The van der Waals surface area contributed by atoms with Crippen molar-refractivity contribution in [1.82, 2.24) is 0 Å². The molecule has 0 radical (unpaired) electrons. The molecule has 1 fully saturated rings. The largest absolute Gasteiger partial charge is 0.384 e. The fourth-order valence-corrected chi connectivity index (χ4v) is 2.99. The second-order valence-corrected chi connectivity index (χ2v) is 5.76. The first kappa shape index (κ1) is 7.94. The predicted molar refractivity (Wildman–Crippen MR) is 43.2 cm³/mol. The first-order valence-electron chi connectivity index (χ1n) is 3.52. The molecule has 0 amide bonds. The molecule has 0 aliphatic carbocycles. The molecule has 0 aromatic heterocycles. The van der Waals surface area contributed by atoms with E-state index in [1.165, 1.54) is 0 Å². The fraction of sp³-hybridized carbons (Fsp3) is 0.667. The van der Waals surface area contributed by atoms with Gasteiger partial charge in [0.05, 0.1) is 6.23 Å². The molecule has 4 N–H and O–H groups in total. The van der Waals surface area contributed by atoms with Crippen molar-refractivity contribution in [3.05, 3.63) is 12.3 Å². The van der Waals surface area contributed by atoms with Gasteiger partial charge in [-0.25, -0.2) is 0 Å². The smallest absolute Gasteiger partial charge is 0.292 e. The summed E-state index contributed by atoms with van der Waals surface area (Å²) < 4.78 is 5.40. The lowest BCUT2D eigenvalue weighted by atomic mass is 10.3. The Labute approximate surface area is 62.2 Å². The highest BCUT2D eigenvalue weighted by Gasteiger charge is 2.32. The van der Waals surface area contributed by atoms with Crippen LogP contribution in [0.1, 0.15) is 12.8 Å². The monoisotopic (exact) mass is 158 g/mol. The van der Waals surface area contributed by atoms with E-state index >= 15 is 0 Å². The molecule has 0 bridgehead atoms. The maximum atomic E-state index is 5.87. The summed E-state index contributed by atoms with van der Waals surface area (Å²) in [5.74, 6) is 0. The molecule has 4 heteroatoms. The summed E-state index contributed by atoms with van der Waals surface area (Å²) in [7, 11) is -2.03. The van der Waals surface area contributed by atoms with Gasteiger partial charge in [0.25, 0.3) is 8.48 Å². The van der Waals surface area contributed by atoms with Crippen molar-refractivity contribution in [2.45, 2.75) is 25.1 Å². The average molecular weight is 158 g/mol. The Bertz CT molecular complexity index is 142. The second-order valence-electron chi connectivity index (χ2n) is 2.71. The van der Waals surface area contributed by atoms with Crippen molar-refractivity contribution in [1.29, 1.82) is 0 Å². The zero-order valence-electron chi connectivity index (χ0n) is 6.05. The summed E-state index contributed by atoms with van der Waals surface area (Å²) in [6, 6.07) is 0.962. The summed E-state index contributed by atoms with van der Waals surface area (Å²) in [5, 5.41) is 5.87. The number of nitrogens with two attached hydrogens (primary N) is 2. The maximum absolute atomic E-state index is 5.87. The molecule has 1 saturated heterocycles. The predicted octanol–water partition coefficient (Wildman–Crippen LogP) is 0.208. The van der Waals surface area contributed by atoms with Crippen LogP contribution in [0.3, 0.4) is 0 Å². The molecule has 3 nitrogen and oxygen atoms in total. The van der Waals surface area contributed by atoms with E-state index in [-0.39, 0.29) is 6.23 Å². The second kappa shape index (κ2) is 2.83. The zero-order chi connectivity index (χ0) is 7.61. The molecule has 2 unspecified atom stereocenters. The molecule has 0 aromatic rings. The van der Waals surface area contributed by atoms with Crippen molar-refractivity contribution in [2.24, 2.45) is 11.1 Å². The molecule has 1 rings (SSSR count). The van der Waals surface area contributed by atoms with Crippen LogP contribution < -0.4 is 11.1 Å². The summed E-state index contributed by atoms with van der Waals surface area (Å²) in [6.45, 7) is 3.65. The number of hydrogen-bond donors (Lipinski definition) is 2. The Morgan fingerprint density at radius 3 is 2.80 bits per heavy atom. The van der Waals surface area contributed by atoms with E-state index < -0.39 is 8.48 Å². The van der Waals surface area contributed by atoms with Gasteiger partial charge < -0.3 is 15.6 Å². The third-order valence-corrected chi connectivity index (χ3v) is 4.34. The number of hydrogen-bond acceptors (Lipinski definition) is 3. The average Bonchev–Trinajstić information content (AvgIpc) is 1.88. The summed E-state index contributed by atoms with van der Waals surface area (Å²) in [6.07, 6.45) is 1.86. The minimum atomic E-state index is -2.03. The van der Waals surface area contributed by atoms with E-state index in [0.717, 1.165) is 18.9 Å². The van der Waals surface area contributed by atoms with Crippen LogP contribution in [0.4, 0.5) is 0 Å². The Kier molecular flexibility index (Phi) is 2.25. The molecule has 1 aliphatic rings. The van der Waals surface area contributed by atoms with Crippen LogP contribution in [-0.4, -0.2) is 14.7 Å². The lowest BCUT2D eigenvalue weighted by Crippen LogP contribution is -2.54. The van der Waals surface area contributed by atoms with Crippen molar-refractivity contribution in [3.8, 4) is 0 Å². The van der Waals surface area contributed by atoms with E-state index in [1.807, 2.05) is 0 Å². The van der Waals surface area contributed by atoms with Gasteiger partial charge in [-0.1, -0.05) is 5.70 Å². The maximum Gasteiger partial charge on any atom is 0.292 e.